The predicted octanol–water partition coefficient (Wildman–Crippen LogP) is 1.28. The van der Waals surface area contributed by atoms with Gasteiger partial charge in [-0.3, -0.25) is 10.1 Å². The van der Waals surface area contributed by atoms with E-state index in [0.29, 0.717) is 0 Å². The summed E-state index contributed by atoms with van der Waals surface area (Å²) in [7, 11) is 1.27. The first-order valence-corrected chi connectivity index (χ1v) is 8.25. The van der Waals surface area contributed by atoms with Gasteiger partial charge in [0, 0.05) is 6.07 Å². The highest BCUT2D eigenvalue weighted by atomic mass is 16.6. The average molecular weight is 393 g/mol. The van der Waals surface area contributed by atoms with E-state index in [1.165, 1.54) is 19.2 Å². The van der Waals surface area contributed by atoms with Crippen LogP contribution in [-0.4, -0.2) is 49.3 Å². The summed E-state index contributed by atoms with van der Waals surface area (Å²) in [6, 6.07) is 2.38. The first-order valence-electron chi connectivity index (χ1n) is 8.25. The number of nitrogens with one attached hydrogen (secondary N) is 2. The summed E-state index contributed by atoms with van der Waals surface area (Å²) >= 11 is 0. The first kappa shape index (κ1) is 20.7. The fourth-order valence-electron chi connectivity index (χ4n) is 2.57. The standard InChI is InChI=1S/C17H19N3O8/c1-4-27-16(22)14-9(2)18-17(23)19-11(14)8-28-15(21)10-5-6-13(26-3)12(7-10)20(24)25/h5-7,9H,4,8H2,1-3H3,(H2,18,19,23)/t9-/m1/s1. The Labute approximate surface area is 159 Å². The number of nitro groups is 1. The van der Waals surface area contributed by atoms with Crippen LogP contribution in [-0.2, 0) is 14.3 Å². The van der Waals surface area contributed by atoms with Crippen molar-refractivity contribution in [3.63, 3.8) is 0 Å². The minimum Gasteiger partial charge on any atom is -0.490 e. The molecule has 0 spiro atoms. The van der Waals surface area contributed by atoms with Crippen LogP contribution in [0.15, 0.2) is 29.5 Å². The van der Waals surface area contributed by atoms with Gasteiger partial charge in [0.2, 0.25) is 0 Å². The number of nitrogens with zero attached hydrogens (tertiary/aromatic N) is 1. The van der Waals surface area contributed by atoms with Crippen molar-refractivity contribution in [3.8, 4) is 5.75 Å². The fourth-order valence-corrected chi connectivity index (χ4v) is 2.57. The van der Waals surface area contributed by atoms with Gasteiger partial charge in [-0.25, -0.2) is 14.4 Å². The fraction of sp³-hybridized carbons (Fsp3) is 0.353. The smallest absolute Gasteiger partial charge is 0.338 e. The Balaban J connectivity index is 2.23. The van der Waals surface area contributed by atoms with Gasteiger partial charge in [-0.15, -0.1) is 0 Å². The molecule has 1 aliphatic rings. The number of methoxy groups -OCH3 is 1. The second-order valence-corrected chi connectivity index (χ2v) is 5.65. The molecule has 150 valence electrons. The lowest BCUT2D eigenvalue weighted by Gasteiger charge is -2.26. The number of hydrogen-bond donors (Lipinski definition) is 2. The zero-order chi connectivity index (χ0) is 20.8. The Morgan fingerprint density at radius 3 is 2.57 bits per heavy atom. The third kappa shape index (κ3) is 4.55. The zero-order valence-electron chi connectivity index (χ0n) is 15.4. The predicted molar refractivity (Wildman–Crippen MR) is 94.7 cm³/mol. The van der Waals surface area contributed by atoms with Crippen molar-refractivity contribution in [2.75, 3.05) is 20.3 Å². The van der Waals surface area contributed by atoms with Crippen molar-refractivity contribution in [2.24, 2.45) is 0 Å². The molecule has 2 rings (SSSR count). The highest BCUT2D eigenvalue weighted by molar-refractivity contribution is 5.95. The van der Waals surface area contributed by atoms with Gasteiger partial charge in [0.25, 0.3) is 0 Å². The van der Waals surface area contributed by atoms with Crippen LogP contribution in [0.2, 0.25) is 0 Å². The number of nitro benzene ring substituents is 1. The summed E-state index contributed by atoms with van der Waals surface area (Å²) in [5.74, 6) is -1.54. The van der Waals surface area contributed by atoms with Crippen molar-refractivity contribution >= 4 is 23.7 Å². The summed E-state index contributed by atoms with van der Waals surface area (Å²) in [6.45, 7) is 2.92. The van der Waals surface area contributed by atoms with Crippen LogP contribution in [0.4, 0.5) is 10.5 Å². The number of benzene rings is 1. The van der Waals surface area contributed by atoms with Crippen LogP contribution in [0, 0.1) is 10.1 Å². The molecule has 1 atom stereocenters. The van der Waals surface area contributed by atoms with Gasteiger partial charge in [0.15, 0.2) is 5.75 Å². The van der Waals surface area contributed by atoms with E-state index < -0.39 is 41.2 Å². The third-order valence-electron chi connectivity index (χ3n) is 3.82. The van der Waals surface area contributed by atoms with Crippen molar-refractivity contribution in [3.05, 3.63) is 45.1 Å². The number of hydrogen-bond acceptors (Lipinski definition) is 8. The largest absolute Gasteiger partial charge is 0.490 e. The highest BCUT2D eigenvalue weighted by Gasteiger charge is 2.30. The summed E-state index contributed by atoms with van der Waals surface area (Å²) in [6.07, 6.45) is 0. The van der Waals surface area contributed by atoms with Crippen LogP contribution in [0.25, 0.3) is 0 Å². The number of carbonyl (C=O) groups is 3. The quantitative estimate of drug-likeness (QED) is 0.400. The number of carbonyl (C=O) groups excluding carboxylic acids is 3. The molecule has 1 aromatic rings. The van der Waals surface area contributed by atoms with Gasteiger partial charge in [-0.1, -0.05) is 0 Å². The van der Waals surface area contributed by atoms with Gasteiger partial charge in [0.1, 0.15) is 6.61 Å². The molecule has 2 N–H and O–H groups in total. The minimum absolute atomic E-state index is 0.00620. The van der Waals surface area contributed by atoms with Crippen molar-refractivity contribution in [1.29, 1.82) is 0 Å². The van der Waals surface area contributed by atoms with Crippen LogP contribution in [0.3, 0.4) is 0 Å². The Kier molecular flexibility index (Phi) is 6.53. The van der Waals surface area contributed by atoms with Gasteiger partial charge in [-0.05, 0) is 26.0 Å². The molecule has 11 nitrogen and oxygen atoms in total. The van der Waals surface area contributed by atoms with E-state index in [0.717, 1.165) is 6.07 Å². The van der Waals surface area contributed by atoms with Crippen molar-refractivity contribution in [1.82, 2.24) is 10.6 Å². The van der Waals surface area contributed by atoms with E-state index in [9.17, 15) is 24.5 Å². The van der Waals surface area contributed by atoms with E-state index in [-0.39, 0.29) is 29.2 Å². The topological polar surface area (TPSA) is 146 Å². The molecule has 1 heterocycles. The van der Waals surface area contributed by atoms with E-state index in [2.05, 4.69) is 10.6 Å². The molecule has 1 aliphatic heterocycles. The molecule has 0 saturated carbocycles. The van der Waals surface area contributed by atoms with E-state index >= 15 is 0 Å². The molecule has 0 radical (unpaired) electrons. The van der Waals surface area contributed by atoms with Crippen LogP contribution in [0.5, 0.6) is 5.75 Å². The molecule has 0 unspecified atom stereocenters. The van der Waals surface area contributed by atoms with Crippen LogP contribution < -0.4 is 15.4 Å². The molecule has 28 heavy (non-hydrogen) atoms. The minimum atomic E-state index is -0.873. The summed E-state index contributed by atoms with van der Waals surface area (Å²) < 4.78 is 15.0. The first-order chi connectivity index (χ1) is 13.3. The third-order valence-corrected chi connectivity index (χ3v) is 3.82. The maximum atomic E-state index is 12.3. The van der Waals surface area contributed by atoms with Gasteiger partial charge in [0.05, 0.1) is 41.5 Å². The number of ether oxygens (including phenoxy) is 3. The van der Waals surface area contributed by atoms with Gasteiger partial charge < -0.3 is 24.8 Å². The number of rotatable bonds is 7. The Morgan fingerprint density at radius 1 is 1.25 bits per heavy atom. The van der Waals surface area contributed by atoms with E-state index in [4.69, 9.17) is 14.2 Å². The molecule has 11 heteroatoms. The van der Waals surface area contributed by atoms with Crippen molar-refractivity contribution < 1.29 is 33.5 Å². The Hall–Kier alpha value is -3.63. The lowest BCUT2D eigenvalue weighted by atomic mass is 10.0. The second-order valence-electron chi connectivity index (χ2n) is 5.65. The SMILES string of the molecule is CCOC(=O)C1=C(COC(=O)c2ccc(OC)c([N+](=O)[O-])c2)NC(=O)N[C@@H]1C. The summed E-state index contributed by atoms with van der Waals surface area (Å²) in [4.78, 5) is 46.5. The Morgan fingerprint density at radius 2 is 1.96 bits per heavy atom. The molecule has 2 amide bonds. The average Bonchev–Trinajstić information content (AvgIpc) is 2.65. The summed E-state index contributed by atoms with van der Waals surface area (Å²) in [5, 5.41) is 16.0. The molecular weight excluding hydrogens is 374 g/mol. The second kappa shape index (κ2) is 8.84. The highest BCUT2D eigenvalue weighted by Crippen LogP contribution is 2.28. The van der Waals surface area contributed by atoms with Gasteiger partial charge in [-0.2, -0.15) is 0 Å². The monoisotopic (exact) mass is 393 g/mol. The normalized spacial score (nSPS) is 16.0. The van der Waals surface area contributed by atoms with E-state index in [1.54, 1.807) is 13.8 Å². The molecule has 1 aromatic carbocycles. The Bertz CT molecular complexity index is 849. The molecule has 0 aliphatic carbocycles. The molecule has 0 saturated heterocycles. The maximum Gasteiger partial charge on any atom is 0.338 e. The zero-order valence-corrected chi connectivity index (χ0v) is 15.4. The lowest BCUT2D eigenvalue weighted by molar-refractivity contribution is -0.385. The summed E-state index contributed by atoms with van der Waals surface area (Å²) in [5.41, 5.74) is -0.285. The maximum absolute atomic E-state index is 12.3. The van der Waals surface area contributed by atoms with Gasteiger partial charge >= 0.3 is 23.7 Å². The number of urea groups is 1. The molecule has 0 aromatic heterocycles. The lowest BCUT2D eigenvalue weighted by Crippen LogP contribution is -2.50. The van der Waals surface area contributed by atoms with E-state index in [1.807, 2.05) is 0 Å². The molecular formula is C17H19N3O8. The van der Waals surface area contributed by atoms with Crippen LogP contribution in [0.1, 0.15) is 24.2 Å². The number of amides is 2. The van der Waals surface area contributed by atoms with Crippen LogP contribution >= 0.6 is 0 Å². The molecule has 0 bridgehead atoms. The number of esters is 2. The van der Waals surface area contributed by atoms with Crippen molar-refractivity contribution in [2.45, 2.75) is 19.9 Å². The molecule has 0 fully saturated rings.